The molecule has 17 nitrogen and oxygen atoms in total. The summed E-state index contributed by atoms with van der Waals surface area (Å²) in [5.41, 5.74) is 1.80. The Labute approximate surface area is 390 Å². The fourth-order valence-corrected chi connectivity index (χ4v) is 8.57. The van der Waals surface area contributed by atoms with Gasteiger partial charge in [0.2, 0.25) is 29.5 Å². The minimum absolute atomic E-state index is 0.267. The quantitative estimate of drug-likeness (QED) is 0.0461. The number of unbranched alkanes of at least 4 members (excludes halogenated alkanes) is 3. The molecule has 17 heteroatoms. The van der Waals surface area contributed by atoms with Crippen LogP contribution >= 0.6 is 0 Å². The second-order valence-corrected chi connectivity index (χ2v) is 17.7. The minimum atomic E-state index is -1.44. The number of carbonyl (C=O) groups is 6. The third-order valence-corrected chi connectivity index (χ3v) is 12.4. The molecule has 0 radical (unpaired) electrons. The number of anilines is 2. The first-order chi connectivity index (χ1) is 32.1. The topological polar surface area (TPSA) is 251 Å². The number of rotatable bonds is 33. The Bertz CT molecular complexity index is 1730. The van der Waals surface area contributed by atoms with E-state index < -0.39 is 73.5 Å². The van der Waals surface area contributed by atoms with Crippen LogP contribution in [0.15, 0.2) is 60.7 Å². The molecule has 2 fully saturated rings. The first kappa shape index (κ1) is 53.4. The highest BCUT2D eigenvalue weighted by Gasteiger charge is 2.30. The SMILES string of the molecule is O=C(O)CNC(=O)C(CO)NC(=O)CNC(=O)C(CCCCNC1CCCCC1)NC(=O)C(CCCCNCC1CCCC1)NC(=O)C(CCCCNc1ccccc1)Nc1ccccc1. The molecule has 0 aromatic heterocycles. The standard InChI is InChI=1S/C49H77N9O8/c59-35-43(47(64)54-34-45(61)62)56-44(60)33-53-46(63)40(26-13-16-30-51-37-20-4-1-5-21-37)57-49(66)42(28-12-15-29-50-32-36-18-10-11-19-36)58-48(65)41(55-39-24-8-3-9-25-39)27-14-17-31-52-38-22-6-2-7-23-38/h2-3,6-9,22-25,36-37,40-43,50-52,55,59H,1,4-5,10-21,26-35H2,(H,53,63)(H,54,64)(H,56,60)(H,57,66)(H,58,65)(H,61,62). The average molecular weight is 920 g/mol. The summed E-state index contributed by atoms with van der Waals surface area (Å²) in [6, 6.07) is 15.8. The Balaban J connectivity index is 1.43. The Morgan fingerprint density at radius 3 is 1.71 bits per heavy atom. The summed E-state index contributed by atoms with van der Waals surface area (Å²) in [7, 11) is 0. The van der Waals surface area contributed by atoms with Crippen LogP contribution < -0.4 is 47.9 Å². The van der Waals surface area contributed by atoms with Crippen molar-refractivity contribution in [3.8, 4) is 0 Å². The maximum Gasteiger partial charge on any atom is 0.322 e. The van der Waals surface area contributed by atoms with Crippen molar-refractivity contribution in [3.63, 3.8) is 0 Å². The number of benzene rings is 2. The number of carboxylic acid groups (broad SMARTS) is 1. The highest BCUT2D eigenvalue weighted by Crippen LogP contribution is 2.24. The number of carbonyl (C=O) groups excluding carboxylic acids is 5. The van der Waals surface area contributed by atoms with Crippen molar-refractivity contribution in [2.24, 2.45) is 5.92 Å². The summed E-state index contributed by atoms with van der Waals surface area (Å²) in [6.45, 7) is 1.18. The van der Waals surface area contributed by atoms with E-state index in [1.807, 2.05) is 60.7 Å². The van der Waals surface area contributed by atoms with Crippen LogP contribution in [-0.4, -0.2) is 122 Å². The van der Waals surface area contributed by atoms with Gasteiger partial charge in [-0.15, -0.1) is 0 Å². The fraction of sp³-hybridized carbons (Fsp3) is 0.633. The molecule has 2 aliphatic rings. The van der Waals surface area contributed by atoms with E-state index in [1.54, 1.807) is 0 Å². The molecule has 11 N–H and O–H groups in total. The van der Waals surface area contributed by atoms with Gasteiger partial charge in [0.15, 0.2) is 0 Å². The minimum Gasteiger partial charge on any atom is -0.480 e. The summed E-state index contributed by atoms with van der Waals surface area (Å²) < 4.78 is 0. The molecule has 2 aromatic rings. The van der Waals surface area contributed by atoms with E-state index in [-0.39, 0.29) is 12.3 Å². The maximum absolute atomic E-state index is 14.3. The highest BCUT2D eigenvalue weighted by atomic mass is 16.4. The molecule has 66 heavy (non-hydrogen) atoms. The highest BCUT2D eigenvalue weighted by molar-refractivity contribution is 5.95. The van der Waals surface area contributed by atoms with Crippen LogP contribution in [0, 0.1) is 5.92 Å². The summed E-state index contributed by atoms with van der Waals surface area (Å²) in [4.78, 5) is 78.4. The Hall–Kier alpha value is -5.26. The molecule has 0 aliphatic heterocycles. The van der Waals surface area contributed by atoms with Crippen molar-refractivity contribution in [1.29, 1.82) is 0 Å². The molecule has 0 heterocycles. The summed E-state index contributed by atoms with van der Waals surface area (Å²) in [5.74, 6) is -3.75. The molecule has 5 amide bonds. The van der Waals surface area contributed by atoms with Gasteiger partial charge in [0, 0.05) is 24.0 Å². The van der Waals surface area contributed by atoms with E-state index in [9.17, 15) is 33.9 Å². The lowest BCUT2D eigenvalue weighted by Crippen LogP contribution is -2.56. The summed E-state index contributed by atoms with van der Waals surface area (Å²) in [6.07, 6.45) is 16.4. The smallest absolute Gasteiger partial charge is 0.322 e. The van der Waals surface area contributed by atoms with E-state index in [2.05, 4.69) is 47.9 Å². The Kier molecular flexibility index (Phi) is 25.6. The second-order valence-electron chi connectivity index (χ2n) is 17.7. The van der Waals surface area contributed by atoms with E-state index >= 15 is 0 Å². The molecule has 4 unspecified atom stereocenters. The number of aliphatic hydroxyl groups is 1. The molecule has 2 aliphatic carbocycles. The van der Waals surface area contributed by atoms with Gasteiger partial charge in [0.25, 0.3) is 0 Å². The number of hydrogen-bond acceptors (Lipinski definition) is 11. The first-order valence-corrected chi connectivity index (χ1v) is 24.4. The van der Waals surface area contributed by atoms with Crippen molar-refractivity contribution in [3.05, 3.63) is 60.7 Å². The van der Waals surface area contributed by atoms with Gasteiger partial charge in [-0.3, -0.25) is 28.8 Å². The predicted octanol–water partition coefficient (Wildman–Crippen LogP) is 3.56. The van der Waals surface area contributed by atoms with Crippen LogP contribution in [0.2, 0.25) is 0 Å². The maximum atomic E-state index is 14.3. The van der Waals surface area contributed by atoms with Gasteiger partial charge in [0.1, 0.15) is 30.7 Å². The monoisotopic (exact) mass is 920 g/mol. The van der Waals surface area contributed by atoms with Crippen LogP contribution in [0.4, 0.5) is 11.4 Å². The Morgan fingerprint density at radius 1 is 0.545 bits per heavy atom. The van der Waals surface area contributed by atoms with E-state index in [0.717, 1.165) is 76.1 Å². The summed E-state index contributed by atoms with van der Waals surface area (Å²) >= 11 is 0. The summed E-state index contributed by atoms with van der Waals surface area (Å²) in [5, 5.41) is 45.5. The van der Waals surface area contributed by atoms with Gasteiger partial charge in [0.05, 0.1) is 13.2 Å². The van der Waals surface area contributed by atoms with Crippen LogP contribution in [0.5, 0.6) is 0 Å². The lowest BCUT2D eigenvalue weighted by molar-refractivity contribution is -0.138. The molecule has 2 aromatic carbocycles. The lowest BCUT2D eigenvalue weighted by atomic mass is 9.95. The first-order valence-electron chi connectivity index (χ1n) is 24.4. The fourth-order valence-electron chi connectivity index (χ4n) is 8.57. The van der Waals surface area contributed by atoms with Crippen molar-refractivity contribution >= 4 is 46.9 Å². The largest absolute Gasteiger partial charge is 0.480 e. The number of aliphatic hydroxyl groups excluding tert-OH is 1. The van der Waals surface area contributed by atoms with E-state index in [0.29, 0.717) is 37.6 Å². The second kappa shape index (κ2) is 31.6. The predicted molar refractivity (Wildman–Crippen MR) is 257 cm³/mol. The van der Waals surface area contributed by atoms with Crippen molar-refractivity contribution in [2.75, 3.05) is 56.5 Å². The van der Waals surface area contributed by atoms with Crippen LogP contribution in [0.3, 0.4) is 0 Å². The van der Waals surface area contributed by atoms with Gasteiger partial charge < -0.3 is 58.1 Å². The average Bonchev–Trinajstić information content (AvgIpc) is 3.86. The normalized spacial score (nSPS) is 16.0. The van der Waals surface area contributed by atoms with Crippen molar-refractivity contribution in [2.45, 2.75) is 146 Å². The van der Waals surface area contributed by atoms with Crippen LogP contribution in [-0.2, 0) is 28.8 Å². The number of hydrogen-bond donors (Lipinski definition) is 11. The van der Waals surface area contributed by atoms with Crippen LogP contribution in [0.25, 0.3) is 0 Å². The third kappa shape index (κ3) is 21.8. The van der Waals surface area contributed by atoms with Gasteiger partial charge in [-0.05, 0) is 133 Å². The molecule has 0 spiro atoms. The van der Waals surface area contributed by atoms with Gasteiger partial charge in [-0.1, -0.05) is 68.5 Å². The van der Waals surface area contributed by atoms with Crippen LogP contribution in [0.1, 0.15) is 116 Å². The zero-order valence-electron chi connectivity index (χ0n) is 38.8. The number of carboxylic acids is 1. The molecule has 4 rings (SSSR count). The zero-order chi connectivity index (χ0) is 47.2. The number of para-hydroxylation sites is 2. The zero-order valence-corrected chi connectivity index (χ0v) is 38.8. The molecule has 366 valence electrons. The van der Waals surface area contributed by atoms with Gasteiger partial charge in [-0.25, -0.2) is 0 Å². The molecule has 0 saturated heterocycles. The molecule has 4 atom stereocenters. The third-order valence-electron chi connectivity index (χ3n) is 12.4. The number of nitrogens with one attached hydrogen (secondary N) is 9. The lowest BCUT2D eigenvalue weighted by Gasteiger charge is -2.26. The van der Waals surface area contributed by atoms with Crippen molar-refractivity contribution in [1.82, 2.24) is 37.2 Å². The molecule has 2 saturated carbocycles. The Morgan fingerprint density at radius 2 is 1.08 bits per heavy atom. The van der Waals surface area contributed by atoms with Gasteiger partial charge in [-0.2, -0.15) is 0 Å². The van der Waals surface area contributed by atoms with E-state index in [1.165, 1.54) is 44.9 Å². The molecular weight excluding hydrogens is 843 g/mol. The van der Waals surface area contributed by atoms with Gasteiger partial charge >= 0.3 is 5.97 Å². The van der Waals surface area contributed by atoms with E-state index in [4.69, 9.17) is 5.11 Å². The molecular formula is C49H77N9O8. The number of amides is 5. The molecule has 0 bridgehead atoms. The van der Waals surface area contributed by atoms with Crippen molar-refractivity contribution < 1.29 is 39.0 Å². The number of aliphatic carboxylic acids is 1.